The van der Waals surface area contributed by atoms with Gasteiger partial charge in [0, 0.05) is 38.0 Å². The topological polar surface area (TPSA) is 79.0 Å². The quantitative estimate of drug-likeness (QED) is 0.595. The van der Waals surface area contributed by atoms with E-state index in [9.17, 15) is 13.2 Å². The fourth-order valence-electron chi connectivity index (χ4n) is 2.31. The number of aromatic amines is 1. The highest BCUT2D eigenvalue weighted by molar-refractivity contribution is 9.13. The molecule has 3 aromatic rings. The molecule has 1 aromatic heterocycles. The number of hydrogen-bond acceptors (Lipinski definition) is 3. The van der Waals surface area contributed by atoms with Crippen molar-refractivity contribution in [1.29, 1.82) is 0 Å². The van der Waals surface area contributed by atoms with Crippen molar-refractivity contribution in [2.75, 3.05) is 11.6 Å². The summed E-state index contributed by atoms with van der Waals surface area (Å²) < 4.78 is 24.9. The number of H-pyrrole nitrogens is 1. The van der Waals surface area contributed by atoms with E-state index in [-0.39, 0.29) is 10.8 Å². The second-order valence-electron chi connectivity index (χ2n) is 5.27. The molecule has 0 fully saturated rings. The number of anilines is 1. The number of fused-ring (bicyclic) bond motifs is 1. The number of nitrogens with one attached hydrogen (secondary N) is 2. The predicted molar refractivity (Wildman–Crippen MR) is 101 cm³/mol. The van der Waals surface area contributed by atoms with Gasteiger partial charge < -0.3 is 10.3 Å². The van der Waals surface area contributed by atoms with Crippen LogP contribution in [0.25, 0.3) is 10.9 Å². The number of rotatable bonds is 3. The molecule has 8 heteroatoms. The van der Waals surface area contributed by atoms with E-state index in [1.54, 1.807) is 18.3 Å². The summed E-state index contributed by atoms with van der Waals surface area (Å²) in [7, 11) is -3.33. The van der Waals surface area contributed by atoms with E-state index in [0.717, 1.165) is 26.1 Å². The summed E-state index contributed by atoms with van der Waals surface area (Å²) in [6.45, 7) is 0. The molecule has 2 aromatic carbocycles. The first kappa shape index (κ1) is 17.2. The van der Waals surface area contributed by atoms with Crippen molar-refractivity contribution in [2.24, 2.45) is 0 Å². The highest BCUT2D eigenvalue weighted by Crippen LogP contribution is 2.30. The summed E-state index contributed by atoms with van der Waals surface area (Å²) in [5.41, 5.74) is 1.72. The average Bonchev–Trinajstić information content (AvgIpc) is 2.90. The van der Waals surface area contributed by atoms with Crippen LogP contribution in [0, 0.1) is 0 Å². The second-order valence-corrected chi connectivity index (χ2v) is 8.99. The van der Waals surface area contributed by atoms with Gasteiger partial charge in [0.05, 0.1) is 10.5 Å². The molecule has 0 aliphatic carbocycles. The van der Waals surface area contributed by atoms with Gasteiger partial charge in [-0.3, -0.25) is 4.79 Å². The lowest BCUT2D eigenvalue weighted by molar-refractivity contribution is 0.102. The number of carbonyl (C=O) groups excluding carboxylic acids is 1. The molecule has 1 heterocycles. The number of amides is 1. The first-order chi connectivity index (χ1) is 11.3. The minimum absolute atomic E-state index is 0.158. The Morgan fingerprint density at radius 1 is 1.12 bits per heavy atom. The van der Waals surface area contributed by atoms with Crippen LogP contribution in [0.2, 0.25) is 0 Å². The van der Waals surface area contributed by atoms with E-state index < -0.39 is 9.84 Å². The molecule has 0 bridgehead atoms. The van der Waals surface area contributed by atoms with Crippen molar-refractivity contribution in [2.45, 2.75) is 4.90 Å². The number of aromatic nitrogens is 1. The van der Waals surface area contributed by atoms with Gasteiger partial charge in [0.15, 0.2) is 9.84 Å². The zero-order chi connectivity index (χ0) is 17.5. The molecule has 0 aliphatic heterocycles. The molecular weight excluding hydrogens is 460 g/mol. The minimum Gasteiger partial charge on any atom is -0.360 e. The first-order valence-corrected chi connectivity index (χ1v) is 10.3. The molecule has 0 aliphatic rings. The predicted octanol–water partition coefficient (Wildman–Crippen LogP) is 4.35. The third-order valence-electron chi connectivity index (χ3n) is 3.49. The normalized spacial score (nSPS) is 11.6. The van der Waals surface area contributed by atoms with Gasteiger partial charge in [-0.05, 0) is 62.2 Å². The molecule has 0 saturated heterocycles. The molecule has 2 N–H and O–H groups in total. The van der Waals surface area contributed by atoms with Crippen LogP contribution in [0.3, 0.4) is 0 Å². The second kappa shape index (κ2) is 6.34. The smallest absolute Gasteiger partial charge is 0.257 e. The number of benzene rings is 2. The number of halogens is 2. The summed E-state index contributed by atoms with van der Waals surface area (Å²) >= 11 is 6.84. The van der Waals surface area contributed by atoms with Crippen LogP contribution < -0.4 is 5.32 Å². The van der Waals surface area contributed by atoms with Crippen molar-refractivity contribution in [1.82, 2.24) is 4.98 Å². The fourth-order valence-corrected chi connectivity index (χ4v) is 3.66. The Kier molecular flexibility index (Phi) is 4.54. The van der Waals surface area contributed by atoms with Crippen molar-refractivity contribution in [3.05, 3.63) is 57.1 Å². The lowest BCUT2D eigenvalue weighted by Crippen LogP contribution is -2.11. The van der Waals surface area contributed by atoms with Gasteiger partial charge in [-0.2, -0.15) is 0 Å². The van der Waals surface area contributed by atoms with Crippen molar-refractivity contribution >= 4 is 64.2 Å². The highest BCUT2D eigenvalue weighted by Gasteiger charge is 2.15. The Labute approximate surface area is 155 Å². The van der Waals surface area contributed by atoms with E-state index in [1.807, 2.05) is 12.1 Å². The number of hydrogen-bond donors (Lipinski definition) is 2. The summed E-state index contributed by atoms with van der Waals surface area (Å²) in [5, 5.41) is 3.50. The van der Waals surface area contributed by atoms with Gasteiger partial charge in [0.1, 0.15) is 0 Å². The van der Waals surface area contributed by atoms with E-state index in [2.05, 4.69) is 42.2 Å². The summed E-state index contributed by atoms with van der Waals surface area (Å²) in [4.78, 5) is 15.7. The summed E-state index contributed by atoms with van der Waals surface area (Å²) in [5.74, 6) is -0.318. The zero-order valence-corrected chi connectivity index (χ0v) is 16.4. The van der Waals surface area contributed by atoms with E-state index in [4.69, 9.17) is 0 Å². The Morgan fingerprint density at radius 3 is 2.54 bits per heavy atom. The Balaban J connectivity index is 1.95. The molecule has 0 spiro atoms. The maximum atomic E-state index is 12.5. The van der Waals surface area contributed by atoms with Crippen LogP contribution >= 0.6 is 31.9 Å². The molecule has 5 nitrogen and oxygen atoms in total. The Hall–Kier alpha value is -1.64. The maximum absolute atomic E-state index is 12.5. The van der Waals surface area contributed by atoms with E-state index in [1.165, 1.54) is 12.1 Å². The number of carbonyl (C=O) groups is 1. The average molecular weight is 472 g/mol. The molecular formula is C16H12Br2N2O3S. The highest BCUT2D eigenvalue weighted by atomic mass is 79.9. The molecule has 124 valence electrons. The standard InChI is InChI=1S/C16H12Br2N2O3S/c1-24(22,23)10-4-2-3-9(5-10)20-16(21)12-8-19-15-7-14(18)13(17)6-11(12)15/h2-8,19H,1H3,(H,20,21). The van der Waals surface area contributed by atoms with Crippen LogP contribution in [0.15, 0.2) is 56.4 Å². The molecule has 24 heavy (non-hydrogen) atoms. The Morgan fingerprint density at radius 2 is 1.83 bits per heavy atom. The fraction of sp³-hybridized carbons (Fsp3) is 0.0625. The van der Waals surface area contributed by atoms with Gasteiger partial charge in [0.25, 0.3) is 5.91 Å². The van der Waals surface area contributed by atoms with Crippen molar-refractivity contribution in [3.8, 4) is 0 Å². The molecule has 3 rings (SSSR count). The van der Waals surface area contributed by atoms with Gasteiger partial charge in [-0.25, -0.2) is 8.42 Å². The van der Waals surface area contributed by atoms with Gasteiger partial charge in [0.2, 0.25) is 0 Å². The molecule has 0 radical (unpaired) electrons. The third kappa shape index (κ3) is 3.40. The van der Waals surface area contributed by atoms with Crippen LogP contribution in [-0.4, -0.2) is 25.6 Å². The monoisotopic (exact) mass is 470 g/mol. The van der Waals surface area contributed by atoms with Gasteiger partial charge in [-0.15, -0.1) is 0 Å². The minimum atomic E-state index is -3.33. The third-order valence-corrected chi connectivity index (χ3v) is 6.44. The zero-order valence-electron chi connectivity index (χ0n) is 12.4. The van der Waals surface area contributed by atoms with Crippen LogP contribution in [0.5, 0.6) is 0 Å². The van der Waals surface area contributed by atoms with Gasteiger partial charge in [-0.1, -0.05) is 6.07 Å². The molecule has 0 unspecified atom stereocenters. The van der Waals surface area contributed by atoms with Crippen molar-refractivity contribution < 1.29 is 13.2 Å². The van der Waals surface area contributed by atoms with Crippen LogP contribution in [0.4, 0.5) is 5.69 Å². The SMILES string of the molecule is CS(=O)(=O)c1cccc(NC(=O)c2c[nH]c3cc(Br)c(Br)cc23)c1. The first-order valence-electron chi connectivity index (χ1n) is 6.83. The van der Waals surface area contributed by atoms with Gasteiger partial charge >= 0.3 is 0 Å². The Bertz CT molecular complexity index is 1060. The summed E-state index contributed by atoms with van der Waals surface area (Å²) in [6.07, 6.45) is 2.75. The van der Waals surface area contributed by atoms with E-state index >= 15 is 0 Å². The summed E-state index contributed by atoms with van der Waals surface area (Å²) in [6, 6.07) is 9.89. The lowest BCUT2D eigenvalue weighted by atomic mass is 10.1. The van der Waals surface area contributed by atoms with Crippen LogP contribution in [0.1, 0.15) is 10.4 Å². The lowest BCUT2D eigenvalue weighted by Gasteiger charge is -2.06. The molecule has 0 saturated carbocycles. The van der Waals surface area contributed by atoms with Crippen molar-refractivity contribution in [3.63, 3.8) is 0 Å². The molecule has 0 atom stereocenters. The molecule has 1 amide bonds. The van der Waals surface area contributed by atoms with Crippen LogP contribution in [-0.2, 0) is 9.84 Å². The maximum Gasteiger partial charge on any atom is 0.257 e. The van der Waals surface area contributed by atoms with E-state index in [0.29, 0.717) is 11.3 Å². The largest absolute Gasteiger partial charge is 0.360 e. The number of sulfone groups is 1.